The van der Waals surface area contributed by atoms with Crippen LogP contribution in [-0.2, 0) is 17.6 Å². The minimum absolute atomic E-state index is 0.0359. The first-order valence-electron chi connectivity index (χ1n) is 11.3. The molecule has 1 aromatic carbocycles. The number of rotatable bonds is 7. The van der Waals surface area contributed by atoms with Crippen LogP contribution in [0.2, 0.25) is 0 Å². The van der Waals surface area contributed by atoms with Crippen LogP contribution < -0.4 is 15.1 Å². The highest BCUT2D eigenvalue weighted by Crippen LogP contribution is 2.26. The third-order valence-electron chi connectivity index (χ3n) is 6.31. The molecule has 0 spiro atoms. The smallest absolute Gasteiger partial charge is 0.225 e. The molecule has 1 aromatic heterocycles. The first-order valence-corrected chi connectivity index (χ1v) is 11.3. The van der Waals surface area contributed by atoms with Crippen LogP contribution >= 0.6 is 0 Å². The summed E-state index contributed by atoms with van der Waals surface area (Å²) in [7, 11) is 2.09. The van der Waals surface area contributed by atoms with Crippen LogP contribution in [0.15, 0.2) is 36.5 Å². The van der Waals surface area contributed by atoms with Crippen molar-refractivity contribution in [3.05, 3.63) is 47.8 Å². The predicted octanol–water partition coefficient (Wildman–Crippen LogP) is 3.21. The maximum atomic E-state index is 12.7. The molecule has 2 heterocycles. The molecule has 1 saturated heterocycles. The lowest BCUT2D eigenvalue weighted by atomic mass is 9.86. The highest BCUT2D eigenvalue weighted by molar-refractivity contribution is 5.79. The summed E-state index contributed by atoms with van der Waals surface area (Å²) in [5, 5.41) is 3.14. The predicted molar refractivity (Wildman–Crippen MR) is 121 cm³/mol. The third kappa shape index (κ3) is 5.10. The van der Waals surface area contributed by atoms with Crippen molar-refractivity contribution in [1.82, 2.24) is 15.3 Å². The summed E-state index contributed by atoms with van der Waals surface area (Å²) in [5.41, 5.74) is 3.49. The van der Waals surface area contributed by atoms with Crippen molar-refractivity contribution >= 4 is 17.5 Å². The Morgan fingerprint density at radius 3 is 2.80 bits per heavy atom. The number of hydrogen-bond acceptors (Lipinski definition) is 5. The average molecular weight is 408 g/mol. The SMILES string of the molecule is CN(CCCNC(=O)[C@H]1CCc2nc(N3CCCCC3)ncc2C1)c1ccccc1. The van der Waals surface area contributed by atoms with Crippen molar-refractivity contribution in [2.45, 2.75) is 44.9 Å². The summed E-state index contributed by atoms with van der Waals surface area (Å²) in [6.07, 6.45) is 9.15. The molecule has 0 unspecified atom stereocenters. The molecule has 1 amide bonds. The summed E-state index contributed by atoms with van der Waals surface area (Å²) in [6, 6.07) is 10.3. The topological polar surface area (TPSA) is 61.4 Å². The molecule has 6 nitrogen and oxygen atoms in total. The fourth-order valence-electron chi connectivity index (χ4n) is 4.45. The molecule has 2 aliphatic rings. The molecule has 1 aliphatic carbocycles. The van der Waals surface area contributed by atoms with Gasteiger partial charge in [0.25, 0.3) is 0 Å². The number of carbonyl (C=O) groups is 1. The number of fused-ring (bicyclic) bond motifs is 1. The lowest BCUT2D eigenvalue weighted by Gasteiger charge is -2.28. The molecule has 4 rings (SSSR count). The summed E-state index contributed by atoms with van der Waals surface area (Å²) >= 11 is 0. The van der Waals surface area contributed by atoms with Crippen LogP contribution in [0.1, 0.15) is 43.4 Å². The zero-order valence-electron chi connectivity index (χ0n) is 18.0. The molecule has 6 heteroatoms. The van der Waals surface area contributed by atoms with Gasteiger partial charge in [0, 0.05) is 56.7 Å². The van der Waals surface area contributed by atoms with E-state index in [1.165, 1.54) is 24.9 Å². The van der Waals surface area contributed by atoms with Crippen molar-refractivity contribution in [1.29, 1.82) is 0 Å². The van der Waals surface area contributed by atoms with E-state index in [-0.39, 0.29) is 11.8 Å². The number of aromatic nitrogens is 2. The number of hydrogen-bond donors (Lipinski definition) is 1. The Bertz CT molecular complexity index is 835. The van der Waals surface area contributed by atoms with Gasteiger partial charge < -0.3 is 15.1 Å². The number of nitrogens with one attached hydrogen (secondary N) is 1. The number of aryl methyl sites for hydroxylation is 1. The van der Waals surface area contributed by atoms with Crippen LogP contribution in [0, 0.1) is 5.92 Å². The summed E-state index contributed by atoms with van der Waals surface area (Å²) in [5.74, 6) is 1.08. The zero-order chi connectivity index (χ0) is 20.8. The van der Waals surface area contributed by atoms with Gasteiger partial charge in [-0.3, -0.25) is 4.79 Å². The Labute approximate surface area is 179 Å². The van der Waals surface area contributed by atoms with E-state index in [9.17, 15) is 4.79 Å². The fourth-order valence-corrected chi connectivity index (χ4v) is 4.45. The van der Waals surface area contributed by atoms with Gasteiger partial charge in [0.2, 0.25) is 11.9 Å². The van der Waals surface area contributed by atoms with E-state index in [0.717, 1.165) is 62.5 Å². The maximum Gasteiger partial charge on any atom is 0.225 e. The van der Waals surface area contributed by atoms with Gasteiger partial charge in [-0.15, -0.1) is 0 Å². The highest BCUT2D eigenvalue weighted by Gasteiger charge is 2.26. The molecule has 2 aromatic rings. The molecular formula is C24H33N5O. The van der Waals surface area contributed by atoms with E-state index in [4.69, 9.17) is 4.98 Å². The van der Waals surface area contributed by atoms with E-state index in [0.29, 0.717) is 6.54 Å². The second-order valence-corrected chi connectivity index (χ2v) is 8.53. The Kier molecular flexibility index (Phi) is 6.82. The van der Waals surface area contributed by atoms with E-state index in [1.807, 2.05) is 24.4 Å². The molecule has 160 valence electrons. The summed E-state index contributed by atoms with van der Waals surface area (Å²) < 4.78 is 0. The van der Waals surface area contributed by atoms with Gasteiger partial charge in [-0.2, -0.15) is 0 Å². The van der Waals surface area contributed by atoms with E-state index in [2.05, 4.69) is 39.3 Å². The summed E-state index contributed by atoms with van der Waals surface area (Å²) in [4.78, 5) is 26.6. The van der Waals surface area contributed by atoms with Crippen molar-refractivity contribution in [3.8, 4) is 0 Å². The van der Waals surface area contributed by atoms with Crippen LogP contribution in [-0.4, -0.2) is 49.1 Å². The molecule has 1 aliphatic heterocycles. The first-order chi connectivity index (χ1) is 14.7. The third-order valence-corrected chi connectivity index (χ3v) is 6.31. The van der Waals surface area contributed by atoms with Crippen molar-refractivity contribution < 1.29 is 4.79 Å². The van der Waals surface area contributed by atoms with Crippen LogP contribution in [0.3, 0.4) is 0 Å². The molecule has 1 N–H and O–H groups in total. The quantitative estimate of drug-likeness (QED) is 0.714. The zero-order valence-corrected chi connectivity index (χ0v) is 18.0. The van der Waals surface area contributed by atoms with E-state index < -0.39 is 0 Å². The van der Waals surface area contributed by atoms with Crippen LogP contribution in [0.5, 0.6) is 0 Å². The van der Waals surface area contributed by atoms with Gasteiger partial charge in [-0.1, -0.05) is 18.2 Å². The number of piperidine rings is 1. The number of anilines is 2. The van der Waals surface area contributed by atoms with Gasteiger partial charge >= 0.3 is 0 Å². The molecule has 1 fully saturated rings. The van der Waals surface area contributed by atoms with Crippen molar-refractivity contribution in [2.75, 3.05) is 43.0 Å². The van der Waals surface area contributed by atoms with Gasteiger partial charge in [-0.05, 0) is 62.6 Å². The van der Waals surface area contributed by atoms with Crippen molar-refractivity contribution in [2.24, 2.45) is 5.92 Å². The number of amides is 1. The Hall–Kier alpha value is -2.63. The van der Waals surface area contributed by atoms with Gasteiger partial charge in [0.05, 0.1) is 0 Å². The number of para-hydroxylation sites is 1. The molecule has 30 heavy (non-hydrogen) atoms. The lowest BCUT2D eigenvalue weighted by Crippen LogP contribution is -2.36. The number of nitrogens with zero attached hydrogens (tertiary/aromatic N) is 4. The van der Waals surface area contributed by atoms with Gasteiger partial charge in [0.15, 0.2) is 0 Å². The Balaban J connectivity index is 1.23. The maximum absolute atomic E-state index is 12.7. The Morgan fingerprint density at radius 1 is 1.20 bits per heavy atom. The lowest BCUT2D eigenvalue weighted by molar-refractivity contribution is -0.125. The monoisotopic (exact) mass is 407 g/mol. The molecule has 0 saturated carbocycles. The fraction of sp³-hybridized carbons (Fsp3) is 0.542. The standard InChI is InChI=1S/C24H33N5O/c1-28(21-9-4-2-5-10-21)14-8-13-25-23(30)19-11-12-22-20(17-19)18-26-24(27-22)29-15-6-3-7-16-29/h2,4-5,9-10,18-19H,3,6-8,11-17H2,1H3,(H,25,30)/t19-/m0/s1. The van der Waals surface area contributed by atoms with Crippen LogP contribution in [0.4, 0.5) is 11.6 Å². The summed E-state index contributed by atoms with van der Waals surface area (Å²) in [6.45, 7) is 3.75. The van der Waals surface area contributed by atoms with E-state index in [1.54, 1.807) is 0 Å². The highest BCUT2D eigenvalue weighted by atomic mass is 16.1. The normalized spacial score (nSPS) is 18.6. The second kappa shape index (κ2) is 9.92. The number of carbonyl (C=O) groups excluding carboxylic acids is 1. The minimum Gasteiger partial charge on any atom is -0.375 e. The largest absolute Gasteiger partial charge is 0.375 e. The molecule has 0 radical (unpaired) electrons. The average Bonchev–Trinajstić information content (AvgIpc) is 2.82. The Morgan fingerprint density at radius 2 is 2.00 bits per heavy atom. The molecule has 1 atom stereocenters. The molecule has 0 bridgehead atoms. The number of benzene rings is 1. The first kappa shape index (κ1) is 20.6. The second-order valence-electron chi connectivity index (χ2n) is 8.53. The van der Waals surface area contributed by atoms with Gasteiger partial charge in [0.1, 0.15) is 0 Å². The molecular weight excluding hydrogens is 374 g/mol. The van der Waals surface area contributed by atoms with Crippen LogP contribution in [0.25, 0.3) is 0 Å². The minimum atomic E-state index is 0.0359. The van der Waals surface area contributed by atoms with Gasteiger partial charge in [-0.25, -0.2) is 9.97 Å². The van der Waals surface area contributed by atoms with E-state index >= 15 is 0 Å². The van der Waals surface area contributed by atoms with Crippen molar-refractivity contribution in [3.63, 3.8) is 0 Å².